The second-order valence-corrected chi connectivity index (χ2v) is 2.32. The third-order valence-corrected chi connectivity index (χ3v) is 1.55. The molecule has 0 saturated heterocycles. The van der Waals surface area contributed by atoms with E-state index < -0.39 is 6.10 Å². The van der Waals surface area contributed by atoms with Crippen LogP contribution >= 0.6 is 12.6 Å². The first kappa shape index (κ1) is 7.57. The van der Waals surface area contributed by atoms with Crippen LogP contribution in [0.2, 0.25) is 0 Å². The standard InChI is InChI=1S/C7H9NOS/c9-7(5-10)6-3-1-2-4-8-6/h1-4,7,9-10H,5H2. The Bertz CT molecular complexity index is 190. The second kappa shape index (κ2) is 3.58. The van der Waals surface area contributed by atoms with Crippen LogP contribution in [0.1, 0.15) is 11.8 Å². The summed E-state index contributed by atoms with van der Waals surface area (Å²) in [5.74, 6) is 0.414. The average molecular weight is 155 g/mol. The Morgan fingerprint density at radius 2 is 2.40 bits per heavy atom. The molecule has 0 aliphatic carbocycles. The largest absolute Gasteiger partial charge is 0.386 e. The molecule has 1 aromatic heterocycles. The number of thiol groups is 1. The van der Waals surface area contributed by atoms with Crippen LogP contribution in [0.5, 0.6) is 0 Å². The first-order valence-corrected chi connectivity index (χ1v) is 3.67. The minimum absolute atomic E-state index is 0.414. The van der Waals surface area contributed by atoms with E-state index in [-0.39, 0.29) is 0 Å². The molecule has 0 bridgehead atoms. The van der Waals surface area contributed by atoms with Gasteiger partial charge in [-0.15, -0.1) is 0 Å². The van der Waals surface area contributed by atoms with Crippen molar-refractivity contribution in [2.45, 2.75) is 6.10 Å². The molecule has 1 atom stereocenters. The highest BCUT2D eigenvalue weighted by molar-refractivity contribution is 7.80. The van der Waals surface area contributed by atoms with Crippen LogP contribution in [-0.2, 0) is 0 Å². The summed E-state index contributed by atoms with van der Waals surface area (Å²) in [7, 11) is 0. The van der Waals surface area contributed by atoms with E-state index in [2.05, 4.69) is 17.6 Å². The van der Waals surface area contributed by atoms with E-state index >= 15 is 0 Å². The summed E-state index contributed by atoms with van der Waals surface area (Å²) in [6, 6.07) is 5.44. The number of aliphatic hydroxyl groups is 1. The van der Waals surface area contributed by atoms with E-state index in [4.69, 9.17) is 0 Å². The molecule has 0 spiro atoms. The first-order valence-electron chi connectivity index (χ1n) is 3.04. The van der Waals surface area contributed by atoms with Crippen LogP contribution in [0, 0.1) is 0 Å². The van der Waals surface area contributed by atoms with Gasteiger partial charge >= 0.3 is 0 Å². The summed E-state index contributed by atoms with van der Waals surface area (Å²) in [6.07, 6.45) is 1.12. The molecule has 1 N–H and O–H groups in total. The molecule has 0 fully saturated rings. The summed E-state index contributed by atoms with van der Waals surface area (Å²) >= 11 is 3.94. The molecule has 0 aliphatic heterocycles. The number of pyridine rings is 1. The van der Waals surface area contributed by atoms with Crippen molar-refractivity contribution < 1.29 is 5.11 Å². The number of aliphatic hydroxyl groups excluding tert-OH is 1. The Kier molecular flexibility index (Phi) is 2.71. The predicted molar refractivity (Wildman–Crippen MR) is 43.0 cm³/mol. The topological polar surface area (TPSA) is 33.1 Å². The number of hydrogen-bond acceptors (Lipinski definition) is 3. The van der Waals surface area contributed by atoms with Crippen molar-refractivity contribution in [3.8, 4) is 0 Å². The smallest absolute Gasteiger partial charge is 0.105 e. The molecule has 1 unspecified atom stereocenters. The summed E-state index contributed by atoms with van der Waals surface area (Å²) in [4.78, 5) is 3.95. The van der Waals surface area contributed by atoms with E-state index in [1.165, 1.54) is 0 Å². The van der Waals surface area contributed by atoms with Crippen molar-refractivity contribution >= 4 is 12.6 Å². The monoisotopic (exact) mass is 155 g/mol. The Hall–Kier alpha value is -0.540. The van der Waals surface area contributed by atoms with Crippen LogP contribution in [-0.4, -0.2) is 15.8 Å². The van der Waals surface area contributed by atoms with Gasteiger partial charge in [0.2, 0.25) is 0 Å². The molecular weight excluding hydrogens is 146 g/mol. The molecule has 0 saturated carbocycles. The molecule has 1 heterocycles. The molecule has 0 aliphatic rings. The van der Waals surface area contributed by atoms with Crippen molar-refractivity contribution in [2.24, 2.45) is 0 Å². The zero-order valence-corrected chi connectivity index (χ0v) is 6.33. The Balaban J connectivity index is 2.75. The fraction of sp³-hybridized carbons (Fsp3) is 0.286. The molecule has 1 aromatic rings. The van der Waals surface area contributed by atoms with Gasteiger partial charge in [0.15, 0.2) is 0 Å². The number of hydrogen-bond donors (Lipinski definition) is 2. The van der Waals surface area contributed by atoms with E-state index in [0.29, 0.717) is 11.4 Å². The average Bonchev–Trinajstić information content (AvgIpc) is 2.05. The van der Waals surface area contributed by atoms with E-state index in [0.717, 1.165) is 0 Å². The van der Waals surface area contributed by atoms with Gasteiger partial charge in [0.05, 0.1) is 5.69 Å². The summed E-state index contributed by atoms with van der Waals surface area (Å²) in [5, 5.41) is 9.19. The van der Waals surface area contributed by atoms with Crippen LogP contribution in [0.15, 0.2) is 24.4 Å². The lowest BCUT2D eigenvalue weighted by atomic mass is 10.2. The van der Waals surface area contributed by atoms with Gasteiger partial charge in [-0.3, -0.25) is 4.98 Å². The molecule has 3 heteroatoms. The van der Waals surface area contributed by atoms with Gasteiger partial charge in [0.25, 0.3) is 0 Å². The molecular formula is C7H9NOS. The summed E-state index contributed by atoms with van der Waals surface area (Å²) in [6.45, 7) is 0. The second-order valence-electron chi connectivity index (χ2n) is 1.95. The fourth-order valence-electron chi connectivity index (χ4n) is 0.667. The minimum Gasteiger partial charge on any atom is -0.386 e. The normalized spacial score (nSPS) is 13.0. The maximum atomic E-state index is 9.19. The maximum absolute atomic E-state index is 9.19. The van der Waals surface area contributed by atoms with Crippen molar-refractivity contribution in [3.63, 3.8) is 0 Å². The lowest BCUT2D eigenvalue weighted by molar-refractivity contribution is 0.199. The van der Waals surface area contributed by atoms with E-state index in [1.54, 1.807) is 12.3 Å². The van der Waals surface area contributed by atoms with Gasteiger partial charge in [-0.2, -0.15) is 12.6 Å². The lowest BCUT2D eigenvalue weighted by Gasteiger charge is -2.03. The zero-order chi connectivity index (χ0) is 7.40. The Morgan fingerprint density at radius 1 is 1.60 bits per heavy atom. The highest BCUT2D eigenvalue weighted by Crippen LogP contribution is 2.08. The maximum Gasteiger partial charge on any atom is 0.105 e. The van der Waals surface area contributed by atoms with Crippen LogP contribution in [0.3, 0.4) is 0 Å². The number of nitrogens with zero attached hydrogens (tertiary/aromatic N) is 1. The number of aromatic nitrogens is 1. The quantitative estimate of drug-likeness (QED) is 0.626. The highest BCUT2D eigenvalue weighted by Gasteiger charge is 2.03. The van der Waals surface area contributed by atoms with Gasteiger partial charge < -0.3 is 5.11 Å². The Morgan fingerprint density at radius 3 is 2.90 bits per heavy atom. The van der Waals surface area contributed by atoms with Gasteiger partial charge in [-0.05, 0) is 12.1 Å². The molecule has 0 amide bonds. The minimum atomic E-state index is -0.537. The van der Waals surface area contributed by atoms with Gasteiger partial charge in [-0.1, -0.05) is 6.07 Å². The Labute approximate surface area is 65.3 Å². The van der Waals surface area contributed by atoms with Crippen molar-refractivity contribution in [1.82, 2.24) is 4.98 Å². The van der Waals surface area contributed by atoms with Gasteiger partial charge in [0.1, 0.15) is 6.10 Å². The van der Waals surface area contributed by atoms with Gasteiger partial charge in [-0.25, -0.2) is 0 Å². The SMILES string of the molecule is OC(CS)c1ccccn1. The molecule has 0 radical (unpaired) electrons. The molecule has 2 nitrogen and oxygen atoms in total. The molecule has 54 valence electrons. The summed E-state index contributed by atoms with van der Waals surface area (Å²) in [5.41, 5.74) is 0.678. The van der Waals surface area contributed by atoms with Crippen molar-refractivity contribution in [1.29, 1.82) is 0 Å². The first-order chi connectivity index (χ1) is 4.84. The predicted octanol–water partition coefficient (Wildman–Crippen LogP) is 1.04. The summed E-state index contributed by atoms with van der Waals surface area (Å²) < 4.78 is 0. The van der Waals surface area contributed by atoms with Crippen molar-refractivity contribution in [2.75, 3.05) is 5.75 Å². The van der Waals surface area contributed by atoms with Crippen LogP contribution in [0.4, 0.5) is 0 Å². The number of rotatable bonds is 2. The van der Waals surface area contributed by atoms with Gasteiger partial charge in [0, 0.05) is 11.9 Å². The third-order valence-electron chi connectivity index (χ3n) is 1.20. The van der Waals surface area contributed by atoms with E-state index in [1.807, 2.05) is 12.1 Å². The molecule has 1 rings (SSSR count). The van der Waals surface area contributed by atoms with Crippen molar-refractivity contribution in [3.05, 3.63) is 30.1 Å². The molecule has 0 aromatic carbocycles. The zero-order valence-electron chi connectivity index (χ0n) is 5.44. The van der Waals surface area contributed by atoms with Crippen LogP contribution < -0.4 is 0 Å². The van der Waals surface area contributed by atoms with Crippen LogP contribution in [0.25, 0.3) is 0 Å². The fourth-order valence-corrected chi connectivity index (χ4v) is 0.854. The third kappa shape index (κ3) is 1.72. The lowest BCUT2D eigenvalue weighted by Crippen LogP contribution is -2.00. The molecule has 10 heavy (non-hydrogen) atoms. The highest BCUT2D eigenvalue weighted by atomic mass is 32.1. The van der Waals surface area contributed by atoms with E-state index in [9.17, 15) is 5.11 Å².